The molecule has 2 saturated carbocycles. The molecule has 0 N–H and O–H groups in total. The Labute approximate surface area is 157 Å². The molecule has 1 saturated heterocycles. The Morgan fingerprint density at radius 3 is 1.80 bits per heavy atom. The lowest BCUT2D eigenvalue weighted by Gasteiger charge is -2.38. The van der Waals surface area contributed by atoms with Gasteiger partial charge in [0.1, 0.15) is 0 Å². The topological polar surface area (TPSA) is 9.23 Å². The summed E-state index contributed by atoms with van der Waals surface area (Å²) in [4.78, 5) is 0. The fraction of sp³-hybridized carbons (Fsp3) is 1.00. The summed E-state index contributed by atoms with van der Waals surface area (Å²) in [6.45, 7) is 5.79. The highest BCUT2D eigenvalue weighted by Gasteiger charge is 2.31. The molecule has 1 heteroatoms. The van der Waals surface area contributed by atoms with Crippen LogP contribution in [0.2, 0.25) is 0 Å². The maximum atomic E-state index is 6.35. The summed E-state index contributed by atoms with van der Waals surface area (Å²) in [5.41, 5.74) is 0. The van der Waals surface area contributed by atoms with Gasteiger partial charge in [-0.1, -0.05) is 71.6 Å². The molecule has 2 aliphatic carbocycles. The molecular weight excluding hydrogens is 304 g/mol. The molecule has 3 rings (SSSR count). The van der Waals surface area contributed by atoms with Gasteiger partial charge >= 0.3 is 0 Å². The van der Waals surface area contributed by atoms with Crippen LogP contribution in [0.4, 0.5) is 0 Å². The Balaban J connectivity index is 1.29. The summed E-state index contributed by atoms with van der Waals surface area (Å²) in [5, 5.41) is 0. The van der Waals surface area contributed by atoms with Crippen LogP contribution in [-0.2, 0) is 4.74 Å². The van der Waals surface area contributed by atoms with Crippen molar-refractivity contribution in [1.82, 2.24) is 0 Å². The maximum absolute atomic E-state index is 6.35. The highest BCUT2D eigenvalue weighted by atomic mass is 16.5. The SMILES string of the molecule is CCCC1CCC(C2CCC(CCC3CCC(CC)CC3)OC2)CC1. The molecule has 146 valence electrons. The van der Waals surface area contributed by atoms with Crippen molar-refractivity contribution < 1.29 is 4.74 Å². The molecule has 0 radical (unpaired) electrons. The van der Waals surface area contributed by atoms with Crippen LogP contribution in [0.15, 0.2) is 0 Å². The minimum Gasteiger partial charge on any atom is -0.378 e. The average Bonchev–Trinajstić information content (AvgIpc) is 2.68. The van der Waals surface area contributed by atoms with Crippen LogP contribution in [-0.4, -0.2) is 12.7 Å². The molecular formula is C24H44O. The number of hydrogen-bond acceptors (Lipinski definition) is 1. The van der Waals surface area contributed by atoms with E-state index in [1.165, 1.54) is 96.3 Å². The minimum absolute atomic E-state index is 0.594. The van der Waals surface area contributed by atoms with Crippen LogP contribution in [0.3, 0.4) is 0 Å². The van der Waals surface area contributed by atoms with Crippen LogP contribution < -0.4 is 0 Å². The molecule has 1 aliphatic heterocycles. The highest BCUT2D eigenvalue weighted by molar-refractivity contribution is 4.82. The lowest BCUT2D eigenvalue weighted by molar-refractivity contribution is -0.0448. The minimum atomic E-state index is 0.594. The quantitative estimate of drug-likeness (QED) is 0.466. The summed E-state index contributed by atoms with van der Waals surface area (Å²) in [7, 11) is 0. The van der Waals surface area contributed by atoms with E-state index >= 15 is 0 Å². The van der Waals surface area contributed by atoms with Gasteiger partial charge in [0.2, 0.25) is 0 Å². The summed E-state index contributed by atoms with van der Waals surface area (Å²) in [6, 6.07) is 0. The fourth-order valence-electron chi connectivity index (χ4n) is 6.13. The molecule has 25 heavy (non-hydrogen) atoms. The van der Waals surface area contributed by atoms with Gasteiger partial charge in [-0.2, -0.15) is 0 Å². The van der Waals surface area contributed by atoms with Crippen molar-refractivity contribution in [3.8, 4) is 0 Å². The van der Waals surface area contributed by atoms with E-state index in [9.17, 15) is 0 Å². The van der Waals surface area contributed by atoms with Gasteiger partial charge in [-0.05, 0) is 68.1 Å². The van der Waals surface area contributed by atoms with Gasteiger partial charge in [-0.15, -0.1) is 0 Å². The van der Waals surface area contributed by atoms with Crippen molar-refractivity contribution in [3.63, 3.8) is 0 Å². The maximum Gasteiger partial charge on any atom is 0.0575 e. The molecule has 0 spiro atoms. The Kier molecular flexibility index (Phi) is 8.15. The van der Waals surface area contributed by atoms with E-state index in [-0.39, 0.29) is 0 Å². The third-order valence-corrected chi connectivity index (χ3v) is 8.10. The Morgan fingerprint density at radius 2 is 1.20 bits per heavy atom. The van der Waals surface area contributed by atoms with Gasteiger partial charge < -0.3 is 4.74 Å². The highest BCUT2D eigenvalue weighted by Crippen LogP contribution is 2.40. The van der Waals surface area contributed by atoms with Crippen LogP contribution in [0, 0.1) is 29.6 Å². The van der Waals surface area contributed by atoms with Gasteiger partial charge in [-0.3, -0.25) is 0 Å². The first-order valence-corrected chi connectivity index (χ1v) is 11.9. The molecule has 3 fully saturated rings. The van der Waals surface area contributed by atoms with Gasteiger partial charge in [0, 0.05) is 0 Å². The molecule has 1 heterocycles. The van der Waals surface area contributed by atoms with E-state index in [2.05, 4.69) is 13.8 Å². The van der Waals surface area contributed by atoms with Crippen molar-refractivity contribution in [2.75, 3.05) is 6.61 Å². The Bertz CT molecular complexity index is 341. The monoisotopic (exact) mass is 348 g/mol. The Morgan fingerprint density at radius 1 is 0.600 bits per heavy atom. The van der Waals surface area contributed by atoms with Crippen LogP contribution >= 0.6 is 0 Å². The van der Waals surface area contributed by atoms with Gasteiger partial charge in [-0.25, -0.2) is 0 Å². The lowest BCUT2D eigenvalue weighted by atomic mass is 9.72. The van der Waals surface area contributed by atoms with Gasteiger partial charge in [0.15, 0.2) is 0 Å². The van der Waals surface area contributed by atoms with Crippen LogP contribution in [0.1, 0.15) is 110 Å². The standard InChI is InChI=1S/C24H44O/c1-3-5-20-10-13-22(14-11-20)23-15-17-24(25-18-23)16-12-21-8-6-19(4-2)7-9-21/h19-24H,3-18H2,1-2H3. The van der Waals surface area contributed by atoms with Crippen molar-refractivity contribution in [3.05, 3.63) is 0 Å². The van der Waals surface area contributed by atoms with Crippen molar-refractivity contribution >= 4 is 0 Å². The first kappa shape index (κ1) is 19.7. The molecule has 0 bridgehead atoms. The van der Waals surface area contributed by atoms with E-state index < -0.39 is 0 Å². The predicted molar refractivity (Wildman–Crippen MR) is 108 cm³/mol. The largest absolute Gasteiger partial charge is 0.378 e. The van der Waals surface area contributed by atoms with Crippen molar-refractivity contribution in [1.29, 1.82) is 0 Å². The van der Waals surface area contributed by atoms with Crippen molar-refractivity contribution in [2.45, 2.75) is 116 Å². The van der Waals surface area contributed by atoms with E-state index in [0.29, 0.717) is 6.10 Å². The zero-order valence-electron chi connectivity index (χ0n) is 17.2. The number of hydrogen-bond donors (Lipinski definition) is 0. The lowest BCUT2D eigenvalue weighted by Crippen LogP contribution is -2.32. The van der Waals surface area contributed by atoms with E-state index in [0.717, 1.165) is 36.2 Å². The van der Waals surface area contributed by atoms with Crippen LogP contribution in [0.25, 0.3) is 0 Å². The van der Waals surface area contributed by atoms with E-state index in [1.54, 1.807) is 0 Å². The van der Waals surface area contributed by atoms with E-state index in [1.807, 2.05) is 0 Å². The number of rotatable bonds is 7. The smallest absolute Gasteiger partial charge is 0.0575 e. The molecule has 0 amide bonds. The molecule has 0 aromatic carbocycles. The summed E-state index contributed by atoms with van der Waals surface area (Å²) in [6.07, 6.45) is 22.4. The molecule has 3 aliphatic rings. The Hall–Kier alpha value is -0.0400. The second-order valence-corrected chi connectivity index (χ2v) is 9.73. The summed E-state index contributed by atoms with van der Waals surface area (Å²) in [5.74, 6) is 4.96. The zero-order valence-corrected chi connectivity index (χ0v) is 17.2. The second kappa shape index (κ2) is 10.3. The third-order valence-electron chi connectivity index (χ3n) is 8.10. The van der Waals surface area contributed by atoms with E-state index in [4.69, 9.17) is 4.74 Å². The predicted octanol–water partition coefficient (Wildman–Crippen LogP) is 7.38. The average molecular weight is 349 g/mol. The van der Waals surface area contributed by atoms with Crippen LogP contribution in [0.5, 0.6) is 0 Å². The molecule has 0 aromatic rings. The van der Waals surface area contributed by atoms with Gasteiger partial charge in [0.25, 0.3) is 0 Å². The zero-order chi connectivity index (χ0) is 17.5. The first-order chi connectivity index (χ1) is 12.3. The third kappa shape index (κ3) is 5.98. The molecule has 2 unspecified atom stereocenters. The van der Waals surface area contributed by atoms with Gasteiger partial charge in [0.05, 0.1) is 12.7 Å². The normalized spacial score (nSPS) is 40.1. The molecule has 0 aromatic heterocycles. The van der Waals surface area contributed by atoms with Crippen molar-refractivity contribution in [2.24, 2.45) is 29.6 Å². The first-order valence-electron chi connectivity index (χ1n) is 11.9. The summed E-state index contributed by atoms with van der Waals surface area (Å²) >= 11 is 0. The molecule has 2 atom stereocenters. The number of ether oxygens (including phenoxy) is 1. The summed E-state index contributed by atoms with van der Waals surface area (Å²) < 4.78 is 6.35. The molecule has 1 nitrogen and oxygen atoms in total. The fourth-order valence-corrected chi connectivity index (χ4v) is 6.13. The second-order valence-electron chi connectivity index (χ2n) is 9.73.